The van der Waals surface area contributed by atoms with E-state index in [1.54, 1.807) is 0 Å². The highest BCUT2D eigenvalue weighted by Gasteiger charge is 2.55. The van der Waals surface area contributed by atoms with Gasteiger partial charge in [-0.3, -0.25) is 0 Å². The van der Waals surface area contributed by atoms with Gasteiger partial charge in [-0.2, -0.15) is 0 Å². The van der Waals surface area contributed by atoms with Crippen LogP contribution in [-0.2, 0) is 18.9 Å². The monoisotopic (exact) mass is 428 g/mol. The van der Waals surface area contributed by atoms with Gasteiger partial charge in [-0.1, -0.05) is 0 Å². The van der Waals surface area contributed by atoms with Crippen LogP contribution in [0.3, 0.4) is 0 Å². The second kappa shape index (κ2) is 9.32. The zero-order valence-corrected chi connectivity index (χ0v) is 15.3. The van der Waals surface area contributed by atoms with Crippen molar-refractivity contribution in [1.29, 1.82) is 0 Å². The van der Waals surface area contributed by atoms with Crippen LogP contribution in [0.5, 0.6) is 0 Å². The van der Waals surface area contributed by atoms with Crippen molar-refractivity contribution in [2.75, 3.05) is 19.8 Å². The second-order valence-electron chi connectivity index (χ2n) is 7.44. The number of hydrogen-bond donors (Lipinski definition) is 9. The van der Waals surface area contributed by atoms with Crippen molar-refractivity contribution >= 4 is 0 Å². The molecule has 3 aliphatic rings. The van der Waals surface area contributed by atoms with Gasteiger partial charge in [0.2, 0.25) is 0 Å². The Hall–Kier alpha value is -0.520. The van der Waals surface area contributed by atoms with E-state index in [2.05, 4.69) is 0 Å². The summed E-state index contributed by atoms with van der Waals surface area (Å²) in [7, 11) is 0. The van der Waals surface area contributed by atoms with E-state index >= 15 is 0 Å². The molecule has 1 aliphatic carbocycles. The Bertz CT molecular complexity index is 533. The minimum atomic E-state index is -1.75. The average molecular weight is 428 g/mol. The highest BCUT2D eigenvalue weighted by atomic mass is 16.7. The molecule has 1 saturated carbocycles. The maximum Gasteiger partial charge on any atom is 0.187 e. The fourth-order valence-corrected chi connectivity index (χ4v) is 3.54. The van der Waals surface area contributed by atoms with Crippen LogP contribution in [0.25, 0.3) is 0 Å². The molecule has 2 aliphatic heterocycles. The Kier molecular flexibility index (Phi) is 7.44. The molecule has 29 heavy (non-hydrogen) atoms. The smallest absolute Gasteiger partial charge is 0.187 e. The zero-order valence-electron chi connectivity index (χ0n) is 15.3. The van der Waals surface area contributed by atoms with Crippen molar-refractivity contribution in [3.05, 3.63) is 0 Å². The summed E-state index contributed by atoms with van der Waals surface area (Å²) in [6.07, 6.45) is -17.2. The molecule has 170 valence electrons. The van der Waals surface area contributed by atoms with Gasteiger partial charge in [0.05, 0.1) is 32.0 Å². The van der Waals surface area contributed by atoms with Crippen molar-refractivity contribution in [1.82, 2.24) is 0 Å². The first-order chi connectivity index (χ1) is 13.7. The van der Waals surface area contributed by atoms with Crippen LogP contribution >= 0.6 is 0 Å². The van der Waals surface area contributed by atoms with Crippen LogP contribution in [0.15, 0.2) is 0 Å². The topological polar surface area (TPSA) is 219 Å². The molecule has 13 nitrogen and oxygen atoms in total. The lowest BCUT2D eigenvalue weighted by Crippen LogP contribution is -2.64. The first kappa shape index (κ1) is 23.1. The zero-order chi connectivity index (χ0) is 21.5. The lowest BCUT2D eigenvalue weighted by molar-refractivity contribution is -0.361. The third-order valence-electron chi connectivity index (χ3n) is 5.52. The molecule has 0 spiro atoms. The first-order valence-corrected chi connectivity index (χ1v) is 9.27. The third kappa shape index (κ3) is 4.43. The Morgan fingerprint density at radius 1 is 0.517 bits per heavy atom. The van der Waals surface area contributed by atoms with Crippen LogP contribution in [0.1, 0.15) is 0 Å². The van der Waals surface area contributed by atoms with Gasteiger partial charge in [0, 0.05) is 5.92 Å². The second-order valence-corrected chi connectivity index (χ2v) is 7.44. The van der Waals surface area contributed by atoms with E-state index in [0.717, 1.165) is 0 Å². The predicted molar refractivity (Wildman–Crippen MR) is 87.9 cm³/mol. The highest BCUT2D eigenvalue weighted by molar-refractivity contribution is 5.01. The maximum atomic E-state index is 10.4. The van der Waals surface area contributed by atoms with Gasteiger partial charge in [-0.25, -0.2) is 0 Å². The fraction of sp³-hybridized carbons (Fsp3) is 1.00. The lowest BCUT2D eigenvalue weighted by Gasteiger charge is -2.46. The number of aliphatic hydroxyl groups is 9. The summed E-state index contributed by atoms with van der Waals surface area (Å²) in [6.45, 7) is -1.72. The van der Waals surface area contributed by atoms with Gasteiger partial charge in [0.15, 0.2) is 12.6 Å². The molecule has 0 radical (unpaired) electrons. The van der Waals surface area contributed by atoms with Crippen LogP contribution in [0.4, 0.5) is 0 Å². The summed E-state index contributed by atoms with van der Waals surface area (Å²) < 4.78 is 21.4. The molecule has 0 bridgehead atoms. The van der Waals surface area contributed by atoms with E-state index < -0.39 is 92.8 Å². The van der Waals surface area contributed by atoms with Gasteiger partial charge < -0.3 is 64.9 Å². The SMILES string of the molecule is OCC1OC(OC2C(CO)OC(OC3C(O)C3CO)C(O)C2O)C(O)C(O)C1O. The van der Waals surface area contributed by atoms with E-state index in [4.69, 9.17) is 24.1 Å². The molecular formula is C16H28O13. The van der Waals surface area contributed by atoms with Crippen molar-refractivity contribution in [3.8, 4) is 0 Å². The van der Waals surface area contributed by atoms with Crippen molar-refractivity contribution in [3.63, 3.8) is 0 Å². The van der Waals surface area contributed by atoms with Crippen LogP contribution in [0, 0.1) is 5.92 Å². The Morgan fingerprint density at radius 3 is 1.55 bits per heavy atom. The number of aliphatic hydroxyl groups excluding tert-OH is 9. The number of ether oxygens (including phenoxy) is 4. The van der Waals surface area contributed by atoms with Crippen LogP contribution in [-0.4, -0.2) is 139 Å². The predicted octanol–water partition coefficient (Wildman–Crippen LogP) is -6.02. The van der Waals surface area contributed by atoms with Crippen LogP contribution < -0.4 is 0 Å². The Morgan fingerprint density at radius 2 is 1.03 bits per heavy atom. The summed E-state index contributed by atoms with van der Waals surface area (Å²) in [4.78, 5) is 0. The van der Waals surface area contributed by atoms with E-state index in [1.807, 2.05) is 0 Å². The molecule has 13 unspecified atom stereocenters. The molecular weight excluding hydrogens is 400 g/mol. The molecule has 2 heterocycles. The molecule has 2 saturated heterocycles. The molecule has 0 aromatic rings. The van der Waals surface area contributed by atoms with Crippen molar-refractivity contribution in [2.45, 2.75) is 73.6 Å². The van der Waals surface area contributed by atoms with Gasteiger partial charge in [-0.05, 0) is 0 Å². The van der Waals surface area contributed by atoms with Gasteiger partial charge in [-0.15, -0.1) is 0 Å². The number of hydrogen-bond acceptors (Lipinski definition) is 13. The molecule has 0 aromatic heterocycles. The maximum absolute atomic E-state index is 10.4. The average Bonchev–Trinajstić information content (AvgIpc) is 3.34. The summed E-state index contributed by atoms with van der Waals surface area (Å²) >= 11 is 0. The van der Waals surface area contributed by atoms with Gasteiger partial charge >= 0.3 is 0 Å². The normalized spacial score (nSPS) is 53.1. The lowest BCUT2D eigenvalue weighted by atomic mass is 9.97. The summed E-state index contributed by atoms with van der Waals surface area (Å²) in [5.74, 6) is -0.557. The Labute approximate surface area is 165 Å². The quantitative estimate of drug-likeness (QED) is 0.185. The van der Waals surface area contributed by atoms with E-state index in [9.17, 15) is 40.9 Å². The molecule has 3 fully saturated rings. The molecule has 0 amide bonds. The standard InChI is InChI=1S/C16H28O13/c17-1-4-7(20)13(4)28-16-12(25)10(23)14(6(3-19)27-16)29-15-11(24)9(22)8(21)5(2-18)26-15/h4-25H,1-3H2. The van der Waals surface area contributed by atoms with E-state index in [1.165, 1.54) is 0 Å². The summed E-state index contributed by atoms with van der Waals surface area (Å²) in [5, 5.41) is 87.9. The minimum Gasteiger partial charge on any atom is -0.396 e. The molecule has 9 N–H and O–H groups in total. The van der Waals surface area contributed by atoms with Gasteiger partial charge in [0.1, 0.15) is 48.8 Å². The van der Waals surface area contributed by atoms with E-state index in [-0.39, 0.29) is 6.61 Å². The number of rotatable bonds is 7. The van der Waals surface area contributed by atoms with Crippen LogP contribution in [0.2, 0.25) is 0 Å². The fourth-order valence-electron chi connectivity index (χ4n) is 3.54. The largest absolute Gasteiger partial charge is 0.396 e. The van der Waals surface area contributed by atoms with Crippen molar-refractivity contribution < 1.29 is 64.9 Å². The Balaban J connectivity index is 1.66. The highest BCUT2D eigenvalue weighted by Crippen LogP contribution is 2.37. The first-order valence-electron chi connectivity index (χ1n) is 9.27. The minimum absolute atomic E-state index is 0.344. The van der Waals surface area contributed by atoms with Gasteiger partial charge in [0.25, 0.3) is 0 Å². The summed E-state index contributed by atoms with van der Waals surface area (Å²) in [5.41, 5.74) is 0. The third-order valence-corrected chi connectivity index (χ3v) is 5.52. The summed E-state index contributed by atoms with van der Waals surface area (Å²) in [6, 6.07) is 0. The van der Waals surface area contributed by atoms with Crippen molar-refractivity contribution in [2.24, 2.45) is 5.92 Å². The molecule has 0 aromatic carbocycles. The molecule has 13 atom stereocenters. The molecule has 3 rings (SSSR count). The molecule has 13 heteroatoms. The van der Waals surface area contributed by atoms with E-state index in [0.29, 0.717) is 0 Å².